The van der Waals surface area contributed by atoms with Gasteiger partial charge < -0.3 is 25.2 Å². The van der Waals surface area contributed by atoms with Gasteiger partial charge in [0.15, 0.2) is 0 Å². The Labute approximate surface area is 229 Å². The Morgan fingerprint density at radius 1 is 0.975 bits per heavy atom. The number of aryl methyl sites for hydroxylation is 1. The first kappa shape index (κ1) is 27.4. The molecule has 0 unspecified atom stereocenters. The van der Waals surface area contributed by atoms with Crippen LogP contribution in [0.5, 0.6) is 0 Å². The first-order valence-electron chi connectivity index (χ1n) is 12.9. The van der Waals surface area contributed by atoms with E-state index in [1.807, 2.05) is 13.1 Å². The van der Waals surface area contributed by atoms with Crippen molar-refractivity contribution in [3.05, 3.63) is 71.2 Å². The van der Waals surface area contributed by atoms with Gasteiger partial charge in [-0.15, -0.1) is 0 Å². The number of carbonyl (C=O) groups is 2. The Bertz CT molecular complexity index is 1400. The molecule has 2 aliphatic rings. The number of nitrogens with zero attached hydrogens (tertiary/aromatic N) is 4. The summed E-state index contributed by atoms with van der Waals surface area (Å²) in [6, 6.07) is 8.79. The van der Waals surface area contributed by atoms with Crippen molar-refractivity contribution in [1.29, 1.82) is 0 Å². The zero-order valence-electron chi connectivity index (χ0n) is 22.1. The highest BCUT2D eigenvalue weighted by molar-refractivity contribution is 6.08. The minimum atomic E-state index is -4.63. The minimum Gasteiger partial charge on any atom is -0.378 e. The molecule has 3 heterocycles. The standard InChI is InChI=1S/C28H29F3N6O3/c1-17-24(27(39)34-20-3-6-25(33-15-20)36(2)22-4-5-22)14-21(16-32-17)35-26(38)18-11-19(28(29,30)31)13-23(12-18)37-7-9-40-10-8-37/h3,6,11-16,22H,4-5,7-10H2,1-2H3,(H,34,39)(H,35,38). The molecule has 0 radical (unpaired) electrons. The number of morpholine rings is 1. The van der Waals surface area contributed by atoms with Crippen LogP contribution in [-0.4, -0.2) is 61.2 Å². The van der Waals surface area contributed by atoms with Crippen LogP contribution in [0, 0.1) is 6.92 Å². The molecule has 2 amide bonds. The summed E-state index contributed by atoms with van der Waals surface area (Å²) in [5.41, 5.74) is 0.486. The highest BCUT2D eigenvalue weighted by Gasteiger charge is 2.33. The molecule has 12 heteroatoms. The summed E-state index contributed by atoms with van der Waals surface area (Å²) < 4.78 is 46.2. The lowest BCUT2D eigenvalue weighted by atomic mass is 10.1. The van der Waals surface area contributed by atoms with Gasteiger partial charge in [-0.1, -0.05) is 0 Å². The SMILES string of the molecule is Cc1ncc(NC(=O)c2cc(N3CCOCC3)cc(C(F)(F)F)c2)cc1C(=O)Nc1ccc(N(C)C2CC2)nc1. The lowest BCUT2D eigenvalue weighted by Crippen LogP contribution is -2.36. The number of alkyl halides is 3. The van der Waals surface area contributed by atoms with Crippen LogP contribution in [0.4, 0.5) is 36.1 Å². The number of benzene rings is 1. The van der Waals surface area contributed by atoms with Crippen molar-refractivity contribution < 1.29 is 27.5 Å². The molecule has 1 aromatic carbocycles. The van der Waals surface area contributed by atoms with Gasteiger partial charge in [-0.25, -0.2) is 4.98 Å². The number of nitrogens with one attached hydrogen (secondary N) is 2. The highest BCUT2D eigenvalue weighted by Crippen LogP contribution is 2.34. The fourth-order valence-electron chi connectivity index (χ4n) is 4.46. The van der Waals surface area contributed by atoms with E-state index in [9.17, 15) is 22.8 Å². The Kier molecular flexibility index (Phi) is 7.61. The van der Waals surface area contributed by atoms with Crippen molar-refractivity contribution in [2.45, 2.75) is 32.0 Å². The molecule has 0 atom stereocenters. The normalized spacial score (nSPS) is 15.5. The lowest BCUT2D eigenvalue weighted by molar-refractivity contribution is -0.137. The van der Waals surface area contributed by atoms with Gasteiger partial charge in [-0.2, -0.15) is 13.2 Å². The van der Waals surface area contributed by atoms with Gasteiger partial charge in [0.05, 0.1) is 53.8 Å². The van der Waals surface area contributed by atoms with Crippen molar-refractivity contribution >= 4 is 34.7 Å². The van der Waals surface area contributed by atoms with Crippen LogP contribution in [0.1, 0.15) is 44.8 Å². The highest BCUT2D eigenvalue weighted by atomic mass is 19.4. The molecule has 0 bridgehead atoms. The van der Waals surface area contributed by atoms with E-state index in [1.165, 1.54) is 18.3 Å². The van der Waals surface area contributed by atoms with E-state index in [-0.39, 0.29) is 22.5 Å². The average molecular weight is 555 g/mol. The molecule has 5 rings (SSSR count). The van der Waals surface area contributed by atoms with Crippen LogP contribution in [0.3, 0.4) is 0 Å². The molecule has 0 spiro atoms. The Morgan fingerprint density at radius 3 is 2.33 bits per heavy atom. The molecule has 2 fully saturated rings. The van der Waals surface area contributed by atoms with Crippen LogP contribution in [0.2, 0.25) is 0 Å². The Hall–Kier alpha value is -4.19. The maximum absolute atomic E-state index is 13.6. The molecule has 1 aliphatic heterocycles. The first-order valence-corrected chi connectivity index (χ1v) is 12.9. The van der Waals surface area contributed by atoms with Crippen LogP contribution in [0.25, 0.3) is 0 Å². The van der Waals surface area contributed by atoms with Gasteiger partial charge in [0, 0.05) is 37.4 Å². The van der Waals surface area contributed by atoms with Gasteiger partial charge in [-0.3, -0.25) is 14.6 Å². The second kappa shape index (κ2) is 11.1. The van der Waals surface area contributed by atoms with E-state index in [2.05, 4.69) is 25.5 Å². The number of rotatable bonds is 7. The molecule has 2 N–H and O–H groups in total. The third kappa shape index (κ3) is 6.33. The molecule has 1 saturated carbocycles. The van der Waals surface area contributed by atoms with Crippen molar-refractivity contribution in [2.24, 2.45) is 0 Å². The van der Waals surface area contributed by atoms with Crippen molar-refractivity contribution in [2.75, 3.05) is 53.8 Å². The maximum Gasteiger partial charge on any atom is 0.416 e. The van der Waals surface area contributed by atoms with Crippen LogP contribution < -0.4 is 20.4 Å². The van der Waals surface area contributed by atoms with E-state index in [0.717, 1.165) is 30.8 Å². The summed E-state index contributed by atoms with van der Waals surface area (Å²) in [5, 5.41) is 5.36. The number of ether oxygens (including phenoxy) is 1. The first-order chi connectivity index (χ1) is 19.1. The quantitative estimate of drug-likeness (QED) is 0.435. The van der Waals surface area contributed by atoms with Crippen LogP contribution in [-0.2, 0) is 10.9 Å². The molecule has 1 aliphatic carbocycles. The second-order valence-corrected chi connectivity index (χ2v) is 9.88. The zero-order chi connectivity index (χ0) is 28.4. The van der Waals surface area contributed by atoms with Crippen molar-refractivity contribution in [1.82, 2.24) is 9.97 Å². The van der Waals surface area contributed by atoms with Crippen LogP contribution >= 0.6 is 0 Å². The summed E-state index contributed by atoms with van der Waals surface area (Å²) >= 11 is 0. The number of aromatic nitrogens is 2. The lowest BCUT2D eigenvalue weighted by Gasteiger charge is -2.29. The molecule has 9 nitrogen and oxygen atoms in total. The molecule has 210 valence electrons. The fraction of sp³-hybridized carbons (Fsp3) is 0.357. The summed E-state index contributed by atoms with van der Waals surface area (Å²) in [7, 11) is 1.98. The third-order valence-electron chi connectivity index (χ3n) is 6.93. The van der Waals surface area contributed by atoms with Gasteiger partial charge in [-0.05, 0) is 56.2 Å². The molecular formula is C28H29F3N6O3. The number of anilines is 4. The van der Waals surface area contributed by atoms with E-state index >= 15 is 0 Å². The molecule has 3 aromatic rings. The third-order valence-corrected chi connectivity index (χ3v) is 6.93. The number of hydrogen-bond acceptors (Lipinski definition) is 7. The van der Waals surface area contributed by atoms with E-state index in [1.54, 1.807) is 24.1 Å². The summed E-state index contributed by atoms with van der Waals surface area (Å²) in [6.45, 7) is 3.25. The van der Waals surface area contributed by atoms with Crippen LogP contribution in [0.15, 0.2) is 48.8 Å². The minimum absolute atomic E-state index is 0.162. The predicted octanol–water partition coefficient (Wildman–Crippen LogP) is 4.74. The van der Waals surface area contributed by atoms with Crippen molar-refractivity contribution in [3.63, 3.8) is 0 Å². The molecule has 40 heavy (non-hydrogen) atoms. The van der Waals surface area contributed by atoms with Gasteiger partial charge in [0.2, 0.25) is 0 Å². The van der Waals surface area contributed by atoms with Gasteiger partial charge in [0.25, 0.3) is 11.8 Å². The summed E-state index contributed by atoms with van der Waals surface area (Å²) in [4.78, 5) is 38.5. The monoisotopic (exact) mass is 554 g/mol. The van der Waals surface area contributed by atoms with Gasteiger partial charge >= 0.3 is 6.18 Å². The molecule has 2 aromatic heterocycles. The number of halogens is 3. The number of carbonyl (C=O) groups excluding carboxylic acids is 2. The predicted molar refractivity (Wildman–Crippen MR) is 145 cm³/mol. The Morgan fingerprint density at radius 2 is 1.68 bits per heavy atom. The summed E-state index contributed by atoms with van der Waals surface area (Å²) in [5.74, 6) is -0.397. The Balaban J connectivity index is 1.32. The smallest absolute Gasteiger partial charge is 0.378 e. The number of pyridine rings is 2. The number of amides is 2. The molecular weight excluding hydrogens is 525 g/mol. The fourth-order valence-corrected chi connectivity index (χ4v) is 4.46. The van der Waals surface area contributed by atoms with Gasteiger partial charge in [0.1, 0.15) is 5.82 Å². The van der Waals surface area contributed by atoms with E-state index < -0.39 is 23.6 Å². The van der Waals surface area contributed by atoms with E-state index in [0.29, 0.717) is 43.7 Å². The zero-order valence-corrected chi connectivity index (χ0v) is 22.1. The average Bonchev–Trinajstić information content (AvgIpc) is 3.79. The topological polar surface area (TPSA) is 99.7 Å². The number of hydrogen-bond donors (Lipinski definition) is 2. The molecule has 1 saturated heterocycles. The van der Waals surface area contributed by atoms with Crippen molar-refractivity contribution in [3.8, 4) is 0 Å². The second-order valence-electron chi connectivity index (χ2n) is 9.88. The van der Waals surface area contributed by atoms with E-state index in [4.69, 9.17) is 4.74 Å². The summed E-state index contributed by atoms with van der Waals surface area (Å²) in [6.07, 6.45) is 0.566. The largest absolute Gasteiger partial charge is 0.416 e. The maximum atomic E-state index is 13.6.